The van der Waals surface area contributed by atoms with Gasteiger partial charge in [0, 0.05) is 17.1 Å². The van der Waals surface area contributed by atoms with Crippen molar-refractivity contribution in [2.75, 3.05) is 18.0 Å². The highest BCUT2D eigenvalue weighted by atomic mass is 35.5. The Bertz CT molecular complexity index is 1480. The third-order valence-electron chi connectivity index (χ3n) is 6.44. The molecule has 0 saturated carbocycles. The molecule has 41 heavy (non-hydrogen) atoms. The van der Waals surface area contributed by atoms with Gasteiger partial charge in [0.15, 0.2) is 0 Å². The van der Waals surface area contributed by atoms with Crippen LogP contribution >= 0.6 is 11.6 Å². The maximum atomic E-state index is 14.1. The maximum Gasteiger partial charge on any atom is 0.264 e. The Hall–Kier alpha value is -3.56. The van der Waals surface area contributed by atoms with Crippen LogP contribution in [0.2, 0.25) is 5.02 Å². The van der Waals surface area contributed by atoms with Gasteiger partial charge in [0.25, 0.3) is 10.0 Å². The molecule has 1 atom stereocenters. The largest absolute Gasteiger partial charge is 0.495 e. The summed E-state index contributed by atoms with van der Waals surface area (Å²) in [4.78, 5) is 28.7. The molecule has 0 heterocycles. The van der Waals surface area contributed by atoms with Crippen LogP contribution in [0, 0.1) is 13.8 Å². The van der Waals surface area contributed by atoms with E-state index in [9.17, 15) is 18.0 Å². The molecule has 8 nitrogen and oxygen atoms in total. The normalized spacial score (nSPS) is 12.4. The molecule has 1 N–H and O–H groups in total. The number of methoxy groups -OCH3 is 1. The second-order valence-corrected chi connectivity index (χ2v) is 13.4. The van der Waals surface area contributed by atoms with E-state index in [-0.39, 0.29) is 33.8 Å². The Balaban J connectivity index is 2.10. The Morgan fingerprint density at radius 3 is 2.05 bits per heavy atom. The summed E-state index contributed by atoms with van der Waals surface area (Å²) in [6, 6.07) is 17.6. The first kappa shape index (κ1) is 32.0. The lowest BCUT2D eigenvalue weighted by Crippen LogP contribution is -2.54. The van der Waals surface area contributed by atoms with Crippen molar-refractivity contribution in [3.05, 3.63) is 88.4 Å². The summed E-state index contributed by atoms with van der Waals surface area (Å²) in [5, 5.41) is 3.19. The molecule has 3 aromatic carbocycles. The number of carbonyl (C=O) groups excluding carboxylic acids is 2. The van der Waals surface area contributed by atoms with Crippen molar-refractivity contribution in [3.8, 4) is 5.75 Å². The van der Waals surface area contributed by atoms with Gasteiger partial charge >= 0.3 is 0 Å². The predicted molar refractivity (Wildman–Crippen MR) is 163 cm³/mol. The molecule has 220 valence electrons. The lowest BCUT2D eigenvalue weighted by Gasteiger charge is -2.33. The van der Waals surface area contributed by atoms with Crippen LogP contribution in [0.5, 0.6) is 5.75 Å². The zero-order chi connectivity index (χ0) is 30.5. The number of nitrogens with one attached hydrogen (secondary N) is 1. The molecule has 3 aromatic rings. The Morgan fingerprint density at radius 1 is 0.951 bits per heavy atom. The molecule has 0 aliphatic heterocycles. The topological polar surface area (TPSA) is 96.0 Å². The van der Waals surface area contributed by atoms with E-state index < -0.39 is 34.1 Å². The number of rotatable bonds is 10. The van der Waals surface area contributed by atoms with Crippen LogP contribution in [0.25, 0.3) is 0 Å². The van der Waals surface area contributed by atoms with E-state index in [1.54, 1.807) is 31.2 Å². The van der Waals surface area contributed by atoms with Crippen LogP contribution < -0.4 is 14.4 Å². The molecule has 0 radical (unpaired) electrons. The average molecular weight is 600 g/mol. The summed E-state index contributed by atoms with van der Waals surface area (Å²) in [5.41, 5.74) is 2.31. The quantitative estimate of drug-likeness (QED) is 0.332. The van der Waals surface area contributed by atoms with Crippen molar-refractivity contribution < 1.29 is 22.7 Å². The average Bonchev–Trinajstić information content (AvgIpc) is 2.90. The molecular weight excluding hydrogens is 562 g/mol. The molecule has 1 unspecified atom stereocenters. The number of hydrogen-bond donors (Lipinski definition) is 1. The zero-order valence-electron chi connectivity index (χ0n) is 24.6. The summed E-state index contributed by atoms with van der Waals surface area (Å²) >= 11 is 6.28. The summed E-state index contributed by atoms with van der Waals surface area (Å²) in [6.07, 6.45) is 0. The SMILES string of the molecule is COc1ccc(Cl)cc1N(CC(=O)N(Cc1ccc(C)cc1)C(C)C(=O)NC(C)(C)C)S(=O)(=O)c1ccc(C)cc1. The summed E-state index contributed by atoms with van der Waals surface area (Å²) < 4.78 is 34.5. The molecule has 3 rings (SSSR count). The lowest BCUT2D eigenvalue weighted by atomic mass is 10.1. The van der Waals surface area contributed by atoms with E-state index in [1.165, 1.54) is 30.2 Å². The number of hydrogen-bond acceptors (Lipinski definition) is 5. The number of amides is 2. The van der Waals surface area contributed by atoms with E-state index in [0.717, 1.165) is 21.0 Å². The van der Waals surface area contributed by atoms with Crippen molar-refractivity contribution in [1.82, 2.24) is 10.2 Å². The molecule has 0 aliphatic rings. The van der Waals surface area contributed by atoms with Gasteiger partial charge in [-0.15, -0.1) is 0 Å². The van der Waals surface area contributed by atoms with Gasteiger partial charge in [-0.1, -0.05) is 59.1 Å². The maximum absolute atomic E-state index is 14.1. The summed E-state index contributed by atoms with van der Waals surface area (Å²) in [6.45, 7) is 10.5. The van der Waals surface area contributed by atoms with Crippen molar-refractivity contribution in [2.24, 2.45) is 0 Å². The van der Waals surface area contributed by atoms with Gasteiger partial charge in [0.05, 0.1) is 17.7 Å². The Kier molecular flexibility index (Phi) is 10.1. The lowest BCUT2D eigenvalue weighted by molar-refractivity contribution is -0.140. The molecule has 0 bridgehead atoms. The first-order valence-electron chi connectivity index (χ1n) is 13.2. The van der Waals surface area contributed by atoms with Gasteiger partial charge in [0.1, 0.15) is 18.3 Å². The van der Waals surface area contributed by atoms with Gasteiger partial charge in [-0.05, 0) is 77.4 Å². The number of ether oxygens (including phenoxy) is 1. The fourth-order valence-corrected chi connectivity index (χ4v) is 5.74. The third kappa shape index (κ3) is 8.24. The highest BCUT2D eigenvalue weighted by Crippen LogP contribution is 2.35. The number of nitrogens with zero attached hydrogens (tertiary/aromatic N) is 2. The standard InChI is InChI=1S/C31H38ClN3O5S/c1-21-8-12-24(13-9-21)19-34(23(3)30(37)33-31(4,5)6)29(36)20-35(27-18-25(32)14-17-28(27)40-7)41(38,39)26-15-10-22(2)11-16-26/h8-18,23H,19-20H2,1-7H3,(H,33,37). The van der Waals surface area contributed by atoms with Gasteiger partial charge in [-0.3, -0.25) is 13.9 Å². The highest BCUT2D eigenvalue weighted by Gasteiger charge is 2.34. The number of halogens is 1. The van der Waals surface area contributed by atoms with Crippen molar-refractivity contribution >= 4 is 39.1 Å². The first-order valence-corrected chi connectivity index (χ1v) is 15.0. The molecule has 0 aromatic heterocycles. The minimum atomic E-state index is -4.26. The Morgan fingerprint density at radius 2 is 1.51 bits per heavy atom. The second kappa shape index (κ2) is 13.0. The minimum Gasteiger partial charge on any atom is -0.495 e. The van der Waals surface area contributed by atoms with E-state index in [2.05, 4.69) is 5.32 Å². The number of sulfonamides is 1. The zero-order valence-corrected chi connectivity index (χ0v) is 26.1. The highest BCUT2D eigenvalue weighted by molar-refractivity contribution is 7.92. The molecule has 0 aliphatic carbocycles. The van der Waals surface area contributed by atoms with E-state index >= 15 is 0 Å². The fraction of sp³-hybridized carbons (Fsp3) is 0.355. The van der Waals surface area contributed by atoms with Crippen molar-refractivity contribution in [3.63, 3.8) is 0 Å². The predicted octanol–water partition coefficient (Wildman–Crippen LogP) is 5.49. The number of benzene rings is 3. The smallest absolute Gasteiger partial charge is 0.264 e. The van der Waals surface area contributed by atoms with Crippen LogP contribution in [-0.2, 0) is 26.2 Å². The number of carbonyl (C=O) groups is 2. The van der Waals surface area contributed by atoms with Crippen LogP contribution in [0.1, 0.15) is 44.4 Å². The summed E-state index contributed by atoms with van der Waals surface area (Å²) in [7, 11) is -2.84. The van der Waals surface area contributed by atoms with Crippen LogP contribution in [0.4, 0.5) is 5.69 Å². The van der Waals surface area contributed by atoms with E-state index in [1.807, 2.05) is 58.9 Å². The van der Waals surface area contributed by atoms with Crippen molar-refractivity contribution in [1.29, 1.82) is 0 Å². The molecule has 2 amide bonds. The van der Waals surface area contributed by atoms with Crippen LogP contribution in [0.3, 0.4) is 0 Å². The monoisotopic (exact) mass is 599 g/mol. The molecule has 0 saturated heterocycles. The van der Waals surface area contributed by atoms with Gasteiger partial charge in [-0.2, -0.15) is 0 Å². The molecule has 0 spiro atoms. The third-order valence-corrected chi connectivity index (χ3v) is 8.45. The molecular formula is C31H38ClN3O5S. The second-order valence-electron chi connectivity index (χ2n) is 11.1. The van der Waals surface area contributed by atoms with Gasteiger partial charge < -0.3 is 15.0 Å². The Labute approximate surface area is 248 Å². The van der Waals surface area contributed by atoms with Crippen LogP contribution in [0.15, 0.2) is 71.6 Å². The van der Waals surface area contributed by atoms with E-state index in [0.29, 0.717) is 0 Å². The minimum absolute atomic E-state index is 0.00142. The molecule has 10 heteroatoms. The number of anilines is 1. The van der Waals surface area contributed by atoms with Gasteiger partial charge in [0.2, 0.25) is 11.8 Å². The number of aryl methyl sites for hydroxylation is 2. The fourth-order valence-electron chi connectivity index (χ4n) is 4.16. The van der Waals surface area contributed by atoms with E-state index in [4.69, 9.17) is 16.3 Å². The first-order chi connectivity index (χ1) is 19.1. The van der Waals surface area contributed by atoms with Crippen molar-refractivity contribution in [2.45, 2.75) is 64.6 Å². The van der Waals surface area contributed by atoms with Gasteiger partial charge in [-0.25, -0.2) is 8.42 Å². The van der Waals surface area contributed by atoms with Crippen LogP contribution in [-0.4, -0.2) is 50.4 Å². The molecule has 0 fully saturated rings. The summed E-state index contributed by atoms with van der Waals surface area (Å²) in [5.74, 6) is -0.701.